The lowest BCUT2D eigenvalue weighted by atomic mass is 9.98. The second-order valence-electron chi connectivity index (χ2n) is 3.95. The Hall–Kier alpha value is -0.300. The molecule has 1 heterocycles. The summed E-state index contributed by atoms with van der Waals surface area (Å²) >= 11 is 3.06. The standard InChI is InChI=1S/C10H15BrF3NO2/c11-3-4-15(7-10(12,13)14)9(16)8-1-5-17-6-2-8/h8H,1-7H2. The molecular weight excluding hydrogens is 303 g/mol. The van der Waals surface area contributed by atoms with Crippen LogP contribution in [0.25, 0.3) is 0 Å². The van der Waals surface area contributed by atoms with Gasteiger partial charge >= 0.3 is 6.18 Å². The van der Waals surface area contributed by atoms with Crippen LogP contribution in [0.5, 0.6) is 0 Å². The van der Waals surface area contributed by atoms with Gasteiger partial charge in [-0.1, -0.05) is 15.9 Å². The molecule has 0 atom stereocenters. The second kappa shape index (κ2) is 6.58. The first-order chi connectivity index (χ1) is 7.94. The van der Waals surface area contributed by atoms with Gasteiger partial charge in [0.25, 0.3) is 0 Å². The molecule has 17 heavy (non-hydrogen) atoms. The van der Waals surface area contributed by atoms with E-state index in [9.17, 15) is 18.0 Å². The van der Waals surface area contributed by atoms with Crippen LogP contribution in [0.15, 0.2) is 0 Å². The Morgan fingerprint density at radius 2 is 1.94 bits per heavy atom. The van der Waals surface area contributed by atoms with Gasteiger partial charge in [0.05, 0.1) is 0 Å². The van der Waals surface area contributed by atoms with E-state index >= 15 is 0 Å². The zero-order chi connectivity index (χ0) is 12.9. The van der Waals surface area contributed by atoms with Gasteiger partial charge in [0, 0.05) is 31.0 Å². The molecule has 3 nitrogen and oxygen atoms in total. The number of ether oxygens (including phenoxy) is 1. The third-order valence-corrected chi connectivity index (χ3v) is 2.96. The molecule has 1 aliphatic heterocycles. The van der Waals surface area contributed by atoms with Crippen LogP contribution in [0.3, 0.4) is 0 Å². The summed E-state index contributed by atoms with van der Waals surface area (Å²) in [4.78, 5) is 12.8. The fourth-order valence-electron chi connectivity index (χ4n) is 1.79. The van der Waals surface area contributed by atoms with Crippen molar-refractivity contribution in [1.82, 2.24) is 4.90 Å². The SMILES string of the molecule is O=C(C1CCOCC1)N(CCBr)CC(F)(F)F. The third-order valence-electron chi connectivity index (χ3n) is 2.61. The highest BCUT2D eigenvalue weighted by Crippen LogP contribution is 2.22. The quantitative estimate of drug-likeness (QED) is 0.744. The summed E-state index contributed by atoms with van der Waals surface area (Å²) in [6.07, 6.45) is -3.33. The van der Waals surface area contributed by atoms with E-state index < -0.39 is 18.6 Å². The first kappa shape index (κ1) is 14.8. The average Bonchev–Trinajstić information content (AvgIpc) is 2.27. The van der Waals surface area contributed by atoms with E-state index in [1.807, 2.05) is 0 Å². The molecule has 7 heteroatoms. The van der Waals surface area contributed by atoms with E-state index in [0.717, 1.165) is 4.90 Å². The van der Waals surface area contributed by atoms with Crippen LogP contribution in [-0.4, -0.2) is 48.6 Å². The lowest BCUT2D eigenvalue weighted by molar-refractivity contribution is -0.164. The zero-order valence-electron chi connectivity index (χ0n) is 9.30. The topological polar surface area (TPSA) is 29.5 Å². The van der Waals surface area contributed by atoms with Gasteiger partial charge < -0.3 is 9.64 Å². The highest BCUT2D eigenvalue weighted by molar-refractivity contribution is 9.09. The highest BCUT2D eigenvalue weighted by Gasteiger charge is 2.35. The van der Waals surface area contributed by atoms with Crippen LogP contribution in [0, 0.1) is 5.92 Å². The number of carbonyl (C=O) groups excluding carboxylic acids is 1. The molecule has 0 bridgehead atoms. The molecule has 0 aromatic heterocycles. The zero-order valence-corrected chi connectivity index (χ0v) is 10.9. The first-order valence-electron chi connectivity index (χ1n) is 5.43. The number of halogens is 4. The molecule has 1 amide bonds. The summed E-state index contributed by atoms with van der Waals surface area (Å²) in [5.41, 5.74) is 0. The number of carbonyl (C=O) groups is 1. The van der Waals surface area contributed by atoms with Crippen LogP contribution in [-0.2, 0) is 9.53 Å². The molecule has 0 aliphatic carbocycles. The number of hydrogen-bond acceptors (Lipinski definition) is 2. The van der Waals surface area contributed by atoms with Gasteiger partial charge in [0.2, 0.25) is 5.91 Å². The van der Waals surface area contributed by atoms with E-state index in [4.69, 9.17) is 4.74 Å². The molecule has 0 N–H and O–H groups in total. The Labute approximate surface area is 106 Å². The molecule has 1 fully saturated rings. The lowest BCUT2D eigenvalue weighted by Crippen LogP contribution is -2.44. The molecule has 0 aromatic rings. The first-order valence-corrected chi connectivity index (χ1v) is 6.55. The smallest absolute Gasteiger partial charge is 0.381 e. The van der Waals surface area contributed by atoms with Crippen molar-refractivity contribution in [2.45, 2.75) is 19.0 Å². The predicted molar refractivity (Wildman–Crippen MR) is 60.0 cm³/mol. The molecule has 1 aliphatic rings. The number of amides is 1. The van der Waals surface area contributed by atoms with Gasteiger partial charge in [-0.15, -0.1) is 0 Å². The van der Waals surface area contributed by atoms with Crippen molar-refractivity contribution < 1.29 is 22.7 Å². The summed E-state index contributed by atoms with van der Waals surface area (Å²) in [5, 5.41) is 0.345. The van der Waals surface area contributed by atoms with Crippen LogP contribution in [0.2, 0.25) is 0 Å². The summed E-state index contributed by atoms with van der Waals surface area (Å²) in [7, 11) is 0. The van der Waals surface area contributed by atoms with E-state index in [1.54, 1.807) is 0 Å². The van der Waals surface area contributed by atoms with E-state index in [1.165, 1.54) is 0 Å². The van der Waals surface area contributed by atoms with Crippen molar-refractivity contribution in [2.75, 3.05) is 31.6 Å². The van der Waals surface area contributed by atoms with E-state index in [0.29, 0.717) is 31.4 Å². The lowest BCUT2D eigenvalue weighted by Gasteiger charge is -2.29. The van der Waals surface area contributed by atoms with Gasteiger partial charge in [-0.25, -0.2) is 0 Å². The predicted octanol–water partition coefficient (Wildman–Crippen LogP) is 2.20. The molecule has 0 spiro atoms. The Bertz CT molecular complexity index is 254. The van der Waals surface area contributed by atoms with Crippen molar-refractivity contribution in [3.8, 4) is 0 Å². The Morgan fingerprint density at radius 3 is 2.41 bits per heavy atom. The number of rotatable bonds is 4. The third kappa shape index (κ3) is 5.25. The minimum absolute atomic E-state index is 0.0791. The number of alkyl halides is 4. The average molecular weight is 318 g/mol. The maximum absolute atomic E-state index is 12.3. The summed E-state index contributed by atoms with van der Waals surface area (Å²) in [5.74, 6) is -0.741. The van der Waals surface area contributed by atoms with Gasteiger partial charge in [-0.05, 0) is 12.8 Å². The van der Waals surface area contributed by atoms with Gasteiger partial charge in [-0.3, -0.25) is 4.79 Å². The largest absolute Gasteiger partial charge is 0.406 e. The molecule has 0 radical (unpaired) electrons. The van der Waals surface area contributed by atoms with Crippen molar-refractivity contribution in [2.24, 2.45) is 5.92 Å². The number of nitrogens with zero attached hydrogens (tertiary/aromatic N) is 1. The maximum atomic E-state index is 12.3. The summed E-state index contributed by atoms with van der Waals surface area (Å²) < 4.78 is 42.1. The monoisotopic (exact) mass is 317 g/mol. The Morgan fingerprint density at radius 1 is 1.35 bits per heavy atom. The number of hydrogen-bond donors (Lipinski definition) is 0. The Balaban J connectivity index is 2.58. The minimum Gasteiger partial charge on any atom is -0.381 e. The van der Waals surface area contributed by atoms with Crippen molar-refractivity contribution in [3.63, 3.8) is 0 Å². The Kier molecular flexibility index (Phi) is 5.72. The molecule has 0 aromatic carbocycles. The van der Waals surface area contributed by atoms with Crippen LogP contribution < -0.4 is 0 Å². The molecule has 0 saturated carbocycles. The van der Waals surface area contributed by atoms with E-state index in [2.05, 4.69) is 15.9 Å². The van der Waals surface area contributed by atoms with Crippen LogP contribution in [0.4, 0.5) is 13.2 Å². The molecular formula is C10H15BrF3NO2. The van der Waals surface area contributed by atoms with Crippen LogP contribution in [0.1, 0.15) is 12.8 Å². The van der Waals surface area contributed by atoms with Crippen LogP contribution >= 0.6 is 15.9 Å². The minimum atomic E-state index is -4.34. The van der Waals surface area contributed by atoms with Gasteiger partial charge in [-0.2, -0.15) is 13.2 Å². The molecule has 100 valence electrons. The molecule has 1 saturated heterocycles. The van der Waals surface area contributed by atoms with Gasteiger partial charge in [0.1, 0.15) is 6.54 Å². The highest BCUT2D eigenvalue weighted by atomic mass is 79.9. The molecule has 1 rings (SSSR count). The summed E-state index contributed by atoms with van der Waals surface area (Å²) in [6, 6.07) is 0. The fourth-order valence-corrected chi connectivity index (χ4v) is 2.22. The van der Waals surface area contributed by atoms with Crippen molar-refractivity contribution in [3.05, 3.63) is 0 Å². The molecule has 0 unspecified atom stereocenters. The second-order valence-corrected chi connectivity index (χ2v) is 4.74. The van der Waals surface area contributed by atoms with Crippen molar-refractivity contribution >= 4 is 21.8 Å². The normalized spacial score (nSPS) is 18.1. The van der Waals surface area contributed by atoms with Gasteiger partial charge in [0.15, 0.2) is 0 Å². The summed E-state index contributed by atoms with van der Waals surface area (Å²) in [6.45, 7) is -0.195. The van der Waals surface area contributed by atoms with Crippen molar-refractivity contribution in [1.29, 1.82) is 0 Å². The maximum Gasteiger partial charge on any atom is 0.406 e. The fraction of sp³-hybridized carbons (Fsp3) is 0.900. The van der Waals surface area contributed by atoms with E-state index in [-0.39, 0.29) is 12.5 Å².